The number of nitrogens with zero attached hydrogens (tertiary/aromatic N) is 2. The smallest absolute Gasteiger partial charge is 0.0349 e. The standard InChI is InChI=1S/C12H23N3S/c1-7-16-8-2-11(1)13-9-12-10-14-3-5-15(12)6-4-14/h11-13H,1-10H2. The fraction of sp³-hybridized carbons (Fsp3) is 1.00. The maximum atomic E-state index is 3.79. The Bertz CT molecular complexity index is 222. The molecule has 4 heterocycles. The Morgan fingerprint density at radius 2 is 1.81 bits per heavy atom. The number of hydrogen-bond donors (Lipinski definition) is 1. The van der Waals surface area contributed by atoms with Crippen molar-refractivity contribution in [2.24, 2.45) is 0 Å². The van der Waals surface area contributed by atoms with Crippen molar-refractivity contribution in [3.8, 4) is 0 Å². The number of thioether (sulfide) groups is 1. The van der Waals surface area contributed by atoms with Gasteiger partial charge in [0.2, 0.25) is 0 Å². The highest BCUT2D eigenvalue weighted by molar-refractivity contribution is 7.99. The average molecular weight is 241 g/mol. The highest BCUT2D eigenvalue weighted by Gasteiger charge is 2.31. The van der Waals surface area contributed by atoms with Crippen LogP contribution in [0.5, 0.6) is 0 Å². The molecule has 0 spiro atoms. The Labute approximate surface area is 103 Å². The summed E-state index contributed by atoms with van der Waals surface area (Å²) in [5, 5.41) is 3.79. The maximum absolute atomic E-state index is 3.79. The van der Waals surface area contributed by atoms with E-state index in [-0.39, 0.29) is 0 Å². The van der Waals surface area contributed by atoms with Crippen LogP contribution in [0, 0.1) is 0 Å². The molecule has 0 amide bonds. The SMILES string of the molecule is C1CC(NCC2CN3CCN2CC3)CCS1. The Balaban J connectivity index is 1.44. The van der Waals surface area contributed by atoms with Gasteiger partial charge in [0.15, 0.2) is 0 Å². The van der Waals surface area contributed by atoms with Gasteiger partial charge in [0.05, 0.1) is 0 Å². The molecule has 4 heteroatoms. The molecule has 1 unspecified atom stereocenters. The predicted molar refractivity (Wildman–Crippen MR) is 70.2 cm³/mol. The summed E-state index contributed by atoms with van der Waals surface area (Å²) in [7, 11) is 0. The maximum Gasteiger partial charge on any atom is 0.0349 e. The number of piperazine rings is 3. The van der Waals surface area contributed by atoms with Crippen LogP contribution in [0.25, 0.3) is 0 Å². The lowest BCUT2D eigenvalue weighted by atomic mass is 10.1. The topological polar surface area (TPSA) is 18.5 Å². The van der Waals surface area contributed by atoms with Gasteiger partial charge in [-0.25, -0.2) is 0 Å². The van der Waals surface area contributed by atoms with Gasteiger partial charge in [0.25, 0.3) is 0 Å². The Morgan fingerprint density at radius 3 is 2.44 bits per heavy atom. The largest absolute Gasteiger partial charge is 0.312 e. The second-order valence-corrected chi connectivity index (χ2v) is 6.51. The first kappa shape index (κ1) is 11.3. The van der Waals surface area contributed by atoms with E-state index in [4.69, 9.17) is 0 Å². The van der Waals surface area contributed by atoms with Crippen LogP contribution in [0.15, 0.2) is 0 Å². The van der Waals surface area contributed by atoms with Gasteiger partial charge in [-0.05, 0) is 24.3 Å². The summed E-state index contributed by atoms with van der Waals surface area (Å²) in [6.07, 6.45) is 2.75. The summed E-state index contributed by atoms with van der Waals surface area (Å²) < 4.78 is 0. The zero-order chi connectivity index (χ0) is 10.8. The Morgan fingerprint density at radius 1 is 1.06 bits per heavy atom. The number of rotatable bonds is 3. The highest BCUT2D eigenvalue weighted by atomic mass is 32.2. The summed E-state index contributed by atoms with van der Waals surface area (Å²) in [6, 6.07) is 1.59. The van der Waals surface area contributed by atoms with Crippen molar-refractivity contribution in [1.82, 2.24) is 15.1 Å². The lowest BCUT2D eigenvalue weighted by Gasteiger charge is -2.48. The summed E-state index contributed by atoms with van der Waals surface area (Å²) in [6.45, 7) is 7.72. The second-order valence-electron chi connectivity index (χ2n) is 5.29. The average Bonchev–Trinajstić information content (AvgIpc) is 2.39. The molecule has 4 rings (SSSR count). The number of hydrogen-bond acceptors (Lipinski definition) is 4. The van der Waals surface area contributed by atoms with Gasteiger partial charge in [-0.15, -0.1) is 0 Å². The first-order valence-corrected chi connectivity index (χ1v) is 7.85. The molecule has 0 aromatic heterocycles. The van der Waals surface area contributed by atoms with E-state index < -0.39 is 0 Å². The molecule has 0 saturated carbocycles. The van der Waals surface area contributed by atoms with E-state index in [0.29, 0.717) is 0 Å². The molecule has 16 heavy (non-hydrogen) atoms. The first-order chi connectivity index (χ1) is 7.92. The summed E-state index contributed by atoms with van der Waals surface area (Å²) >= 11 is 2.11. The molecule has 3 nitrogen and oxygen atoms in total. The Kier molecular flexibility index (Phi) is 3.72. The molecule has 1 N–H and O–H groups in total. The summed E-state index contributed by atoms with van der Waals surface area (Å²) in [5.74, 6) is 2.72. The van der Waals surface area contributed by atoms with Crippen molar-refractivity contribution in [3.05, 3.63) is 0 Å². The van der Waals surface area contributed by atoms with Gasteiger partial charge in [-0.1, -0.05) is 0 Å². The van der Waals surface area contributed by atoms with Gasteiger partial charge >= 0.3 is 0 Å². The molecule has 4 saturated heterocycles. The minimum Gasteiger partial charge on any atom is -0.312 e. The normalized spacial score (nSPS) is 40.1. The van der Waals surface area contributed by atoms with Gasteiger partial charge in [-0.2, -0.15) is 11.8 Å². The molecule has 4 aliphatic heterocycles. The molecule has 4 aliphatic rings. The zero-order valence-corrected chi connectivity index (χ0v) is 10.8. The van der Waals surface area contributed by atoms with E-state index in [9.17, 15) is 0 Å². The minimum atomic E-state index is 0.789. The first-order valence-electron chi connectivity index (χ1n) is 6.69. The van der Waals surface area contributed by atoms with Gasteiger partial charge in [0.1, 0.15) is 0 Å². The number of nitrogens with one attached hydrogen (secondary N) is 1. The van der Waals surface area contributed by atoms with Gasteiger partial charge in [-0.3, -0.25) is 9.80 Å². The monoisotopic (exact) mass is 241 g/mol. The fourth-order valence-electron chi connectivity index (χ4n) is 3.12. The van der Waals surface area contributed by atoms with Crippen molar-refractivity contribution in [1.29, 1.82) is 0 Å². The molecular weight excluding hydrogens is 218 g/mol. The van der Waals surface area contributed by atoms with Crippen molar-refractivity contribution in [3.63, 3.8) is 0 Å². The zero-order valence-electron chi connectivity index (χ0n) is 10.0. The van der Waals surface area contributed by atoms with E-state index in [1.807, 2.05) is 0 Å². The summed E-state index contributed by atoms with van der Waals surface area (Å²) in [5.41, 5.74) is 0. The molecular formula is C12H23N3S. The molecule has 92 valence electrons. The van der Waals surface area contributed by atoms with Crippen molar-refractivity contribution < 1.29 is 0 Å². The molecule has 0 aliphatic carbocycles. The van der Waals surface area contributed by atoms with Crippen LogP contribution in [0.1, 0.15) is 12.8 Å². The van der Waals surface area contributed by atoms with Gasteiger partial charge in [0, 0.05) is 51.4 Å². The van der Waals surface area contributed by atoms with Crippen LogP contribution in [0.2, 0.25) is 0 Å². The van der Waals surface area contributed by atoms with Crippen molar-refractivity contribution >= 4 is 11.8 Å². The molecule has 0 radical (unpaired) electrons. The minimum absolute atomic E-state index is 0.789. The molecule has 0 aromatic rings. The van der Waals surface area contributed by atoms with E-state index in [0.717, 1.165) is 12.1 Å². The van der Waals surface area contributed by atoms with E-state index >= 15 is 0 Å². The van der Waals surface area contributed by atoms with Gasteiger partial charge < -0.3 is 5.32 Å². The summed E-state index contributed by atoms with van der Waals surface area (Å²) in [4.78, 5) is 5.31. The van der Waals surface area contributed by atoms with Crippen molar-refractivity contribution in [2.75, 3.05) is 50.8 Å². The lowest BCUT2D eigenvalue weighted by Crippen LogP contribution is -2.63. The van der Waals surface area contributed by atoms with E-state index in [1.165, 1.54) is 63.6 Å². The third-order valence-electron chi connectivity index (χ3n) is 4.26. The molecule has 2 bridgehead atoms. The Hall–Kier alpha value is 0.230. The van der Waals surface area contributed by atoms with Crippen LogP contribution < -0.4 is 5.32 Å². The van der Waals surface area contributed by atoms with Crippen LogP contribution in [0.3, 0.4) is 0 Å². The highest BCUT2D eigenvalue weighted by Crippen LogP contribution is 2.18. The van der Waals surface area contributed by atoms with Crippen LogP contribution in [0.4, 0.5) is 0 Å². The van der Waals surface area contributed by atoms with Crippen LogP contribution in [-0.2, 0) is 0 Å². The second kappa shape index (κ2) is 5.25. The quantitative estimate of drug-likeness (QED) is 0.774. The van der Waals surface area contributed by atoms with Crippen molar-refractivity contribution in [2.45, 2.75) is 24.9 Å². The van der Waals surface area contributed by atoms with Crippen LogP contribution >= 0.6 is 11.8 Å². The molecule has 0 aromatic carbocycles. The predicted octanol–water partition coefficient (Wildman–Crippen LogP) is 0.471. The lowest BCUT2D eigenvalue weighted by molar-refractivity contribution is 0.0126. The number of fused-ring (bicyclic) bond motifs is 3. The fourth-order valence-corrected chi connectivity index (χ4v) is 4.23. The molecule has 1 atom stereocenters. The van der Waals surface area contributed by atoms with E-state index in [2.05, 4.69) is 26.9 Å². The van der Waals surface area contributed by atoms with E-state index in [1.54, 1.807) is 0 Å². The third kappa shape index (κ3) is 2.55. The third-order valence-corrected chi connectivity index (χ3v) is 5.30. The van der Waals surface area contributed by atoms with Crippen LogP contribution in [-0.4, -0.2) is 72.7 Å². The molecule has 4 fully saturated rings.